The Morgan fingerprint density at radius 1 is 1.21 bits per heavy atom. The molecule has 2 atom stereocenters. The van der Waals surface area contributed by atoms with E-state index in [1.54, 1.807) is 0 Å². The topological polar surface area (TPSA) is 29.9 Å². The number of likely N-dealkylation sites (N-methyl/N-ethyl adjacent to an activating group) is 1. The molecule has 2 aromatic rings. The van der Waals surface area contributed by atoms with Crippen LogP contribution in [0.3, 0.4) is 0 Å². The van der Waals surface area contributed by atoms with Crippen LogP contribution >= 0.6 is 0 Å². The Balaban J connectivity index is 2.46. The molecule has 1 N–H and O–H groups in total. The van der Waals surface area contributed by atoms with Crippen LogP contribution in [0.25, 0.3) is 11.0 Å². The van der Waals surface area contributed by atoms with Crippen LogP contribution in [0.4, 0.5) is 0 Å². The number of rotatable bonds is 6. The third-order valence-electron chi connectivity index (χ3n) is 3.80. The largest absolute Gasteiger partial charge is 0.324 e. The summed E-state index contributed by atoms with van der Waals surface area (Å²) >= 11 is 0. The van der Waals surface area contributed by atoms with Crippen molar-refractivity contribution in [2.24, 2.45) is 0 Å². The van der Waals surface area contributed by atoms with Crippen LogP contribution in [0.15, 0.2) is 24.3 Å². The minimum Gasteiger partial charge on any atom is -0.324 e. The first-order valence-corrected chi connectivity index (χ1v) is 7.38. The molecule has 0 aliphatic heterocycles. The number of nitrogens with one attached hydrogen (secondary N) is 1. The maximum Gasteiger partial charge on any atom is 0.110 e. The number of para-hydroxylation sites is 2. The van der Waals surface area contributed by atoms with Crippen molar-refractivity contribution in [3.63, 3.8) is 0 Å². The predicted octanol–water partition coefficient (Wildman–Crippen LogP) is 3.55. The number of aryl methyl sites for hydroxylation is 1. The average Bonchev–Trinajstić information content (AvgIpc) is 2.76. The van der Waals surface area contributed by atoms with Crippen molar-refractivity contribution in [3.05, 3.63) is 30.1 Å². The second-order valence-corrected chi connectivity index (χ2v) is 5.22. The highest BCUT2D eigenvalue weighted by Crippen LogP contribution is 2.24. The Bertz CT molecular complexity index is 530. The fraction of sp³-hybridized carbons (Fsp3) is 0.562. The smallest absolute Gasteiger partial charge is 0.110 e. The molecule has 0 radical (unpaired) electrons. The fourth-order valence-electron chi connectivity index (χ4n) is 2.66. The van der Waals surface area contributed by atoms with Gasteiger partial charge in [0, 0.05) is 18.5 Å². The van der Waals surface area contributed by atoms with Crippen LogP contribution in [0.2, 0.25) is 0 Å². The molecule has 0 aliphatic carbocycles. The molecule has 2 rings (SSSR count). The maximum atomic E-state index is 4.80. The second kappa shape index (κ2) is 6.20. The van der Waals surface area contributed by atoms with Crippen molar-refractivity contribution < 1.29 is 0 Å². The number of hydrogen-bond acceptors (Lipinski definition) is 2. The lowest BCUT2D eigenvalue weighted by atomic mass is 10.1. The molecule has 19 heavy (non-hydrogen) atoms. The Hall–Kier alpha value is -1.35. The van der Waals surface area contributed by atoms with Crippen molar-refractivity contribution in [1.29, 1.82) is 0 Å². The first-order valence-electron chi connectivity index (χ1n) is 7.38. The summed E-state index contributed by atoms with van der Waals surface area (Å²) in [6, 6.07) is 9.30. The van der Waals surface area contributed by atoms with Gasteiger partial charge >= 0.3 is 0 Å². The molecular formula is C16H25N3. The highest BCUT2D eigenvalue weighted by molar-refractivity contribution is 5.76. The molecule has 1 aromatic heterocycles. The molecule has 1 heterocycles. The number of benzene rings is 1. The van der Waals surface area contributed by atoms with E-state index >= 15 is 0 Å². The van der Waals surface area contributed by atoms with Crippen LogP contribution in [0, 0.1) is 0 Å². The van der Waals surface area contributed by atoms with E-state index in [4.69, 9.17) is 4.98 Å². The average molecular weight is 259 g/mol. The van der Waals surface area contributed by atoms with Crippen molar-refractivity contribution in [3.8, 4) is 0 Å². The lowest BCUT2D eigenvalue weighted by Crippen LogP contribution is -2.34. The lowest BCUT2D eigenvalue weighted by molar-refractivity contribution is 0.397. The van der Waals surface area contributed by atoms with Crippen LogP contribution in [-0.4, -0.2) is 22.1 Å². The standard InChI is InChI=1S/C16H25N3/c1-5-9-16-18-14-10-7-8-11-15(14)19(16)13(4)12(3)17-6-2/h7-8,10-13,17H,5-6,9H2,1-4H3. The molecule has 0 aliphatic rings. The monoisotopic (exact) mass is 259 g/mol. The second-order valence-electron chi connectivity index (χ2n) is 5.22. The third-order valence-corrected chi connectivity index (χ3v) is 3.80. The van der Waals surface area contributed by atoms with Gasteiger partial charge in [-0.15, -0.1) is 0 Å². The molecule has 2 unspecified atom stereocenters. The predicted molar refractivity (Wildman–Crippen MR) is 81.6 cm³/mol. The Labute approximate surface area is 116 Å². The van der Waals surface area contributed by atoms with Gasteiger partial charge in [-0.05, 0) is 38.9 Å². The Morgan fingerprint density at radius 3 is 2.63 bits per heavy atom. The van der Waals surface area contributed by atoms with Gasteiger partial charge in [0.2, 0.25) is 0 Å². The van der Waals surface area contributed by atoms with Gasteiger partial charge in [-0.1, -0.05) is 26.0 Å². The first-order chi connectivity index (χ1) is 9.19. The molecule has 0 spiro atoms. The zero-order chi connectivity index (χ0) is 13.8. The molecule has 0 bridgehead atoms. The molecule has 0 saturated carbocycles. The quantitative estimate of drug-likeness (QED) is 0.860. The van der Waals surface area contributed by atoms with E-state index in [9.17, 15) is 0 Å². The summed E-state index contributed by atoms with van der Waals surface area (Å²) in [6.07, 6.45) is 2.17. The molecule has 0 saturated heterocycles. The van der Waals surface area contributed by atoms with Crippen molar-refractivity contribution >= 4 is 11.0 Å². The molecule has 1 aromatic carbocycles. The summed E-state index contributed by atoms with van der Waals surface area (Å²) in [4.78, 5) is 4.80. The Kier molecular flexibility index (Phi) is 4.59. The molecule has 0 amide bonds. The van der Waals surface area contributed by atoms with E-state index in [0.717, 1.165) is 24.9 Å². The molecule has 104 valence electrons. The van der Waals surface area contributed by atoms with Gasteiger partial charge in [0.05, 0.1) is 11.0 Å². The molecule has 3 heteroatoms. The minimum absolute atomic E-state index is 0.411. The van der Waals surface area contributed by atoms with E-state index < -0.39 is 0 Å². The van der Waals surface area contributed by atoms with Gasteiger partial charge in [-0.2, -0.15) is 0 Å². The van der Waals surface area contributed by atoms with Gasteiger partial charge in [0.15, 0.2) is 0 Å². The normalized spacial score (nSPS) is 14.7. The van der Waals surface area contributed by atoms with Crippen molar-refractivity contribution in [2.45, 2.75) is 52.6 Å². The zero-order valence-corrected chi connectivity index (χ0v) is 12.5. The van der Waals surface area contributed by atoms with Gasteiger partial charge < -0.3 is 9.88 Å². The number of imidazole rings is 1. The van der Waals surface area contributed by atoms with Crippen LogP contribution in [0.5, 0.6) is 0 Å². The highest BCUT2D eigenvalue weighted by atomic mass is 15.1. The first kappa shape index (κ1) is 14.1. The Morgan fingerprint density at radius 2 is 1.95 bits per heavy atom. The van der Waals surface area contributed by atoms with Crippen LogP contribution < -0.4 is 5.32 Å². The van der Waals surface area contributed by atoms with Gasteiger partial charge in [-0.3, -0.25) is 0 Å². The van der Waals surface area contributed by atoms with Crippen LogP contribution in [0.1, 0.15) is 46.0 Å². The summed E-state index contributed by atoms with van der Waals surface area (Å²) in [6.45, 7) is 9.89. The number of hydrogen-bond donors (Lipinski definition) is 1. The summed E-state index contributed by atoms with van der Waals surface area (Å²) in [5.41, 5.74) is 2.37. The number of aromatic nitrogens is 2. The maximum absolute atomic E-state index is 4.80. The zero-order valence-electron chi connectivity index (χ0n) is 12.5. The third kappa shape index (κ3) is 2.81. The summed E-state index contributed by atoms with van der Waals surface area (Å²) < 4.78 is 2.41. The van der Waals surface area contributed by atoms with Crippen LogP contribution in [-0.2, 0) is 6.42 Å². The van der Waals surface area contributed by atoms with Crippen molar-refractivity contribution in [2.75, 3.05) is 6.54 Å². The molecule has 0 fully saturated rings. The molecule has 3 nitrogen and oxygen atoms in total. The van der Waals surface area contributed by atoms with E-state index in [0.29, 0.717) is 12.1 Å². The van der Waals surface area contributed by atoms with E-state index in [2.05, 4.69) is 61.8 Å². The molecular weight excluding hydrogens is 234 g/mol. The highest BCUT2D eigenvalue weighted by Gasteiger charge is 2.19. The fourth-order valence-corrected chi connectivity index (χ4v) is 2.66. The van der Waals surface area contributed by atoms with E-state index in [-0.39, 0.29) is 0 Å². The lowest BCUT2D eigenvalue weighted by Gasteiger charge is -2.24. The SMILES string of the molecule is CCCc1nc2ccccc2n1C(C)C(C)NCC. The van der Waals surface area contributed by atoms with Crippen molar-refractivity contribution in [1.82, 2.24) is 14.9 Å². The summed E-state index contributed by atoms with van der Waals surface area (Å²) in [7, 11) is 0. The summed E-state index contributed by atoms with van der Waals surface area (Å²) in [5, 5.41) is 3.52. The summed E-state index contributed by atoms with van der Waals surface area (Å²) in [5.74, 6) is 1.21. The van der Waals surface area contributed by atoms with E-state index in [1.807, 2.05) is 0 Å². The van der Waals surface area contributed by atoms with Gasteiger partial charge in [0.1, 0.15) is 5.82 Å². The minimum atomic E-state index is 0.411. The van der Waals surface area contributed by atoms with E-state index in [1.165, 1.54) is 11.3 Å². The van der Waals surface area contributed by atoms with Gasteiger partial charge in [0.25, 0.3) is 0 Å². The number of nitrogens with zero attached hydrogens (tertiary/aromatic N) is 2. The number of fused-ring (bicyclic) bond motifs is 1. The van der Waals surface area contributed by atoms with Gasteiger partial charge in [-0.25, -0.2) is 4.98 Å².